The highest BCUT2D eigenvalue weighted by Gasteiger charge is 2.46. The van der Waals surface area contributed by atoms with E-state index >= 15 is 0 Å². The molecule has 100 valence electrons. The molecule has 19 heavy (non-hydrogen) atoms. The van der Waals surface area contributed by atoms with Gasteiger partial charge in [0.15, 0.2) is 0 Å². The zero-order chi connectivity index (χ0) is 13.9. The third-order valence-corrected chi connectivity index (χ3v) is 3.67. The lowest BCUT2D eigenvalue weighted by Gasteiger charge is -2.36. The molecule has 0 radical (unpaired) electrons. The van der Waals surface area contributed by atoms with E-state index in [0.717, 1.165) is 17.9 Å². The number of nitriles is 1. The van der Waals surface area contributed by atoms with Crippen molar-refractivity contribution in [3.63, 3.8) is 0 Å². The molecule has 1 aliphatic rings. The van der Waals surface area contributed by atoms with E-state index in [9.17, 15) is 10.1 Å². The van der Waals surface area contributed by atoms with Crippen molar-refractivity contribution in [1.29, 1.82) is 5.26 Å². The van der Waals surface area contributed by atoms with Gasteiger partial charge in [-0.2, -0.15) is 5.26 Å². The first-order valence-electron chi connectivity index (χ1n) is 6.55. The molecule has 0 saturated heterocycles. The number of hydrogen-bond acceptors (Lipinski definition) is 3. The highest BCUT2D eigenvalue weighted by Crippen LogP contribution is 2.42. The van der Waals surface area contributed by atoms with Gasteiger partial charge in [-0.15, -0.1) is 0 Å². The first-order chi connectivity index (χ1) is 9.13. The van der Waals surface area contributed by atoms with Crippen LogP contribution in [0.1, 0.15) is 26.2 Å². The molecule has 0 bridgehead atoms. The van der Waals surface area contributed by atoms with Gasteiger partial charge in [0.1, 0.15) is 11.2 Å². The molecule has 1 aliphatic carbocycles. The summed E-state index contributed by atoms with van der Waals surface area (Å²) in [4.78, 5) is 13.9. The monoisotopic (exact) mass is 258 g/mol. The average molecular weight is 258 g/mol. The molecule has 2 rings (SSSR count). The standard InChI is InChI=1S/C15H18N2O2/c1-3-19-13-7-5-12(6-8-13)17(2)14(18)15(11-16)9-4-10-15/h5-8H,3-4,9-10H2,1-2H3. The Morgan fingerprint density at radius 1 is 1.42 bits per heavy atom. The summed E-state index contributed by atoms with van der Waals surface area (Å²) in [5.41, 5.74) is -0.0113. The summed E-state index contributed by atoms with van der Waals surface area (Å²) in [6.45, 7) is 2.54. The zero-order valence-corrected chi connectivity index (χ0v) is 11.3. The van der Waals surface area contributed by atoms with Crippen LogP contribution < -0.4 is 9.64 Å². The van der Waals surface area contributed by atoms with E-state index in [2.05, 4.69) is 6.07 Å². The van der Waals surface area contributed by atoms with Crippen molar-refractivity contribution in [3.05, 3.63) is 24.3 Å². The Bertz CT molecular complexity index is 498. The van der Waals surface area contributed by atoms with Gasteiger partial charge in [0.05, 0.1) is 12.7 Å². The minimum Gasteiger partial charge on any atom is -0.494 e. The Labute approximate surface area is 113 Å². The van der Waals surface area contributed by atoms with E-state index < -0.39 is 5.41 Å². The van der Waals surface area contributed by atoms with Gasteiger partial charge in [-0.1, -0.05) is 0 Å². The Kier molecular flexibility index (Phi) is 3.75. The average Bonchev–Trinajstić information content (AvgIpc) is 2.38. The summed E-state index contributed by atoms with van der Waals surface area (Å²) < 4.78 is 5.37. The van der Waals surface area contributed by atoms with Gasteiger partial charge in [0.25, 0.3) is 0 Å². The molecule has 4 heteroatoms. The number of nitrogens with zero attached hydrogens (tertiary/aromatic N) is 2. The van der Waals surface area contributed by atoms with Gasteiger partial charge >= 0.3 is 0 Å². The predicted octanol–water partition coefficient (Wildman–Crippen LogP) is 2.74. The molecule has 4 nitrogen and oxygen atoms in total. The maximum Gasteiger partial charge on any atom is 0.247 e. The lowest BCUT2D eigenvalue weighted by molar-refractivity contribution is -0.128. The number of ether oxygens (including phenoxy) is 1. The van der Waals surface area contributed by atoms with Crippen molar-refractivity contribution in [2.24, 2.45) is 5.41 Å². The molecule has 1 amide bonds. The minimum atomic E-state index is -0.798. The van der Waals surface area contributed by atoms with E-state index in [1.165, 1.54) is 0 Å². The third-order valence-electron chi connectivity index (χ3n) is 3.67. The second kappa shape index (κ2) is 5.31. The Morgan fingerprint density at radius 3 is 2.47 bits per heavy atom. The number of anilines is 1. The lowest BCUT2D eigenvalue weighted by Crippen LogP contribution is -2.45. The molecule has 0 aromatic heterocycles. The van der Waals surface area contributed by atoms with Crippen LogP contribution >= 0.6 is 0 Å². The molecule has 1 aromatic rings. The summed E-state index contributed by atoms with van der Waals surface area (Å²) in [5, 5.41) is 9.20. The van der Waals surface area contributed by atoms with Crippen LogP contribution in [0, 0.1) is 16.7 Å². The Hall–Kier alpha value is -2.02. The van der Waals surface area contributed by atoms with Crippen LogP contribution in [0.25, 0.3) is 0 Å². The summed E-state index contributed by atoms with van der Waals surface area (Å²) in [5.74, 6) is 0.677. The molecule has 1 saturated carbocycles. The maximum atomic E-state index is 12.4. The summed E-state index contributed by atoms with van der Waals surface area (Å²) >= 11 is 0. The van der Waals surface area contributed by atoms with Crippen molar-refractivity contribution >= 4 is 11.6 Å². The Balaban J connectivity index is 2.13. The van der Waals surface area contributed by atoms with Crippen molar-refractivity contribution < 1.29 is 9.53 Å². The maximum absolute atomic E-state index is 12.4. The molecule has 0 spiro atoms. The quantitative estimate of drug-likeness (QED) is 0.834. The smallest absolute Gasteiger partial charge is 0.247 e. The minimum absolute atomic E-state index is 0.106. The second-order valence-electron chi connectivity index (χ2n) is 4.84. The fourth-order valence-electron chi connectivity index (χ4n) is 2.27. The highest BCUT2D eigenvalue weighted by atomic mass is 16.5. The van der Waals surface area contributed by atoms with Crippen LogP contribution in [0.15, 0.2) is 24.3 Å². The lowest BCUT2D eigenvalue weighted by atomic mass is 9.69. The van der Waals surface area contributed by atoms with E-state index in [4.69, 9.17) is 4.74 Å². The second-order valence-corrected chi connectivity index (χ2v) is 4.84. The molecule has 1 aromatic carbocycles. The van der Waals surface area contributed by atoms with Crippen LogP contribution in [0.3, 0.4) is 0 Å². The number of hydrogen-bond donors (Lipinski definition) is 0. The summed E-state index contributed by atoms with van der Waals surface area (Å²) in [7, 11) is 1.72. The topological polar surface area (TPSA) is 53.3 Å². The largest absolute Gasteiger partial charge is 0.494 e. The van der Waals surface area contributed by atoms with E-state index in [0.29, 0.717) is 19.4 Å². The predicted molar refractivity (Wildman–Crippen MR) is 72.9 cm³/mol. The van der Waals surface area contributed by atoms with Crippen molar-refractivity contribution in [3.8, 4) is 11.8 Å². The van der Waals surface area contributed by atoms with E-state index in [-0.39, 0.29) is 5.91 Å². The number of amides is 1. The fraction of sp³-hybridized carbons (Fsp3) is 0.467. The molecule has 0 N–H and O–H groups in total. The molecule has 0 atom stereocenters. The van der Waals surface area contributed by atoms with Gasteiger partial charge < -0.3 is 9.64 Å². The van der Waals surface area contributed by atoms with Gasteiger partial charge in [-0.05, 0) is 50.5 Å². The normalized spacial score (nSPS) is 16.1. The SMILES string of the molecule is CCOc1ccc(N(C)C(=O)C2(C#N)CCC2)cc1. The Morgan fingerprint density at radius 2 is 2.05 bits per heavy atom. The molecular formula is C15H18N2O2. The van der Waals surface area contributed by atoms with Gasteiger partial charge in [0, 0.05) is 12.7 Å². The van der Waals surface area contributed by atoms with Crippen LogP contribution in [0.4, 0.5) is 5.69 Å². The van der Waals surface area contributed by atoms with E-state index in [1.54, 1.807) is 11.9 Å². The first kappa shape index (κ1) is 13.4. The van der Waals surface area contributed by atoms with Crippen LogP contribution in [-0.4, -0.2) is 19.6 Å². The molecule has 0 unspecified atom stereocenters. The van der Waals surface area contributed by atoms with Crippen molar-refractivity contribution in [2.75, 3.05) is 18.6 Å². The van der Waals surface area contributed by atoms with Crippen LogP contribution in [0.5, 0.6) is 5.75 Å². The first-order valence-corrected chi connectivity index (χ1v) is 6.55. The van der Waals surface area contributed by atoms with Gasteiger partial charge in [0.2, 0.25) is 5.91 Å². The number of benzene rings is 1. The third kappa shape index (κ3) is 2.41. The summed E-state index contributed by atoms with van der Waals surface area (Å²) in [6.07, 6.45) is 2.30. The molecule has 0 aliphatic heterocycles. The van der Waals surface area contributed by atoms with Crippen molar-refractivity contribution in [1.82, 2.24) is 0 Å². The van der Waals surface area contributed by atoms with Crippen LogP contribution in [-0.2, 0) is 4.79 Å². The van der Waals surface area contributed by atoms with Gasteiger partial charge in [-0.25, -0.2) is 0 Å². The van der Waals surface area contributed by atoms with Crippen molar-refractivity contribution in [2.45, 2.75) is 26.2 Å². The fourth-order valence-corrected chi connectivity index (χ4v) is 2.27. The van der Waals surface area contributed by atoms with Gasteiger partial charge in [-0.3, -0.25) is 4.79 Å². The van der Waals surface area contributed by atoms with E-state index in [1.807, 2.05) is 31.2 Å². The van der Waals surface area contributed by atoms with Crippen LogP contribution in [0.2, 0.25) is 0 Å². The number of carbonyl (C=O) groups is 1. The number of rotatable bonds is 4. The molecule has 1 fully saturated rings. The molecular weight excluding hydrogens is 240 g/mol. The highest BCUT2D eigenvalue weighted by molar-refractivity contribution is 5.99. The summed E-state index contributed by atoms with van der Waals surface area (Å²) in [6, 6.07) is 9.53. The number of carbonyl (C=O) groups excluding carboxylic acids is 1. The zero-order valence-electron chi connectivity index (χ0n) is 11.3. The molecule has 0 heterocycles.